The molecule has 0 amide bonds. The number of nitrogens with zero attached hydrogens (tertiary/aromatic N) is 2. The number of nitrogens with one attached hydrogen (secondary N) is 1. The first kappa shape index (κ1) is 12.8. The molecule has 1 fully saturated rings. The summed E-state index contributed by atoms with van der Waals surface area (Å²) in [5.74, 6) is 0. The van der Waals surface area contributed by atoms with Gasteiger partial charge in [0.15, 0.2) is 5.13 Å². The predicted octanol–water partition coefficient (Wildman–Crippen LogP) is 2.80. The van der Waals surface area contributed by atoms with Crippen LogP contribution in [0.4, 0.5) is 5.13 Å². The minimum atomic E-state index is 0.665. The Kier molecular flexibility index (Phi) is 4.40. The maximum Gasteiger partial charge on any atom is 0.186 e. The van der Waals surface area contributed by atoms with Crippen LogP contribution in [0, 0.1) is 0 Å². The predicted molar refractivity (Wildman–Crippen MR) is 74.9 cm³/mol. The van der Waals surface area contributed by atoms with Crippen LogP contribution < -0.4 is 10.2 Å². The van der Waals surface area contributed by atoms with Gasteiger partial charge in [-0.15, -0.1) is 11.3 Å². The van der Waals surface area contributed by atoms with E-state index in [9.17, 15) is 0 Å². The van der Waals surface area contributed by atoms with E-state index >= 15 is 0 Å². The Morgan fingerprint density at radius 2 is 2.35 bits per heavy atom. The van der Waals surface area contributed by atoms with E-state index in [0.717, 1.165) is 13.0 Å². The third kappa shape index (κ3) is 2.80. The number of rotatable bonds is 5. The molecule has 0 aromatic carbocycles. The van der Waals surface area contributed by atoms with E-state index in [0.29, 0.717) is 6.04 Å². The normalized spacial score (nSPS) is 20.2. The molecular weight excluding hydrogens is 230 g/mol. The van der Waals surface area contributed by atoms with Gasteiger partial charge in [-0.05, 0) is 33.2 Å². The maximum atomic E-state index is 4.86. The van der Waals surface area contributed by atoms with Crippen molar-refractivity contribution in [3.8, 4) is 0 Å². The lowest BCUT2D eigenvalue weighted by atomic mass is 10.2. The smallest absolute Gasteiger partial charge is 0.186 e. The van der Waals surface area contributed by atoms with Crippen LogP contribution in [0.3, 0.4) is 0 Å². The van der Waals surface area contributed by atoms with Crippen molar-refractivity contribution in [1.29, 1.82) is 0 Å². The van der Waals surface area contributed by atoms with Gasteiger partial charge in [0, 0.05) is 24.0 Å². The number of thiazole rings is 1. The molecule has 1 N–H and O–H groups in total. The molecule has 96 valence electrons. The average Bonchev–Trinajstić information content (AvgIpc) is 2.87. The molecule has 0 spiro atoms. The van der Waals surface area contributed by atoms with Crippen molar-refractivity contribution in [3.05, 3.63) is 10.6 Å². The van der Waals surface area contributed by atoms with Crippen LogP contribution in [-0.4, -0.2) is 24.6 Å². The molecule has 2 rings (SSSR count). The van der Waals surface area contributed by atoms with E-state index in [1.165, 1.54) is 41.5 Å². The SMILES string of the molecule is CCCc1nc(N2CCCC2C)sc1CNC. The molecule has 1 aliphatic heterocycles. The topological polar surface area (TPSA) is 28.2 Å². The number of aromatic nitrogens is 1. The van der Waals surface area contributed by atoms with E-state index in [1.54, 1.807) is 0 Å². The zero-order valence-corrected chi connectivity index (χ0v) is 11.9. The average molecular weight is 253 g/mol. The second-order valence-corrected chi connectivity index (χ2v) is 5.89. The van der Waals surface area contributed by atoms with E-state index in [-0.39, 0.29) is 0 Å². The number of anilines is 1. The Labute approximate surface area is 108 Å². The number of hydrogen-bond donors (Lipinski definition) is 1. The molecule has 0 aliphatic carbocycles. The quantitative estimate of drug-likeness (QED) is 0.874. The fourth-order valence-corrected chi connectivity index (χ4v) is 3.69. The van der Waals surface area contributed by atoms with Gasteiger partial charge in [-0.25, -0.2) is 4.98 Å². The number of hydrogen-bond acceptors (Lipinski definition) is 4. The van der Waals surface area contributed by atoms with Gasteiger partial charge in [0.1, 0.15) is 0 Å². The van der Waals surface area contributed by atoms with Crippen molar-refractivity contribution in [2.24, 2.45) is 0 Å². The molecule has 0 bridgehead atoms. The highest BCUT2D eigenvalue weighted by molar-refractivity contribution is 7.15. The van der Waals surface area contributed by atoms with Crippen molar-refractivity contribution in [2.75, 3.05) is 18.5 Å². The maximum absolute atomic E-state index is 4.86. The Morgan fingerprint density at radius 1 is 1.53 bits per heavy atom. The molecule has 1 aliphatic rings. The first-order chi connectivity index (χ1) is 8.26. The summed E-state index contributed by atoms with van der Waals surface area (Å²) in [4.78, 5) is 8.75. The van der Waals surface area contributed by atoms with Crippen molar-refractivity contribution in [3.63, 3.8) is 0 Å². The summed E-state index contributed by atoms with van der Waals surface area (Å²) in [6, 6.07) is 0.665. The van der Waals surface area contributed by atoms with Gasteiger partial charge in [-0.1, -0.05) is 13.3 Å². The zero-order chi connectivity index (χ0) is 12.3. The molecule has 1 aromatic rings. The third-order valence-electron chi connectivity index (χ3n) is 3.39. The molecule has 0 radical (unpaired) electrons. The standard InChI is InChI=1S/C13H23N3S/c1-4-6-11-12(9-14-3)17-13(15-11)16-8-5-7-10(16)2/h10,14H,4-9H2,1-3H3. The zero-order valence-electron chi connectivity index (χ0n) is 11.1. The van der Waals surface area contributed by atoms with Crippen LogP contribution in [0.5, 0.6) is 0 Å². The Hall–Kier alpha value is -0.610. The van der Waals surface area contributed by atoms with E-state index in [4.69, 9.17) is 4.98 Å². The van der Waals surface area contributed by atoms with Gasteiger partial charge >= 0.3 is 0 Å². The molecule has 2 heterocycles. The summed E-state index contributed by atoms with van der Waals surface area (Å²) in [7, 11) is 2.01. The fourth-order valence-electron chi connectivity index (χ4n) is 2.44. The van der Waals surface area contributed by atoms with Crippen LogP contribution in [-0.2, 0) is 13.0 Å². The second-order valence-electron chi connectivity index (χ2n) is 4.83. The molecule has 4 heteroatoms. The van der Waals surface area contributed by atoms with Crippen LogP contribution >= 0.6 is 11.3 Å². The summed E-state index contributed by atoms with van der Waals surface area (Å²) < 4.78 is 0. The van der Waals surface area contributed by atoms with Crippen LogP contribution in [0.25, 0.3) is 0 Å². The van der Waals surface area contributed by atoms with Gasteiger partial charge in [0.25, 0.3) is 0 Å². The lowest BCUT2D eigenvalue weighted by Crippen LogP contribution is -2.25. The highest BCUT2D eigenvalue weighted by atomic mass is 32.1. The monoisotopic (exact) mass is 253 g/mol. The molecule has 17 heavy (non-hydrogen) atoms. The van der Waals surface area contributed by atoms with Crippen LogP contribution in [0.15, 0.2) is 0 Å². The van der Waals surface area contributed by atoms with Gasteiger partial charge in [0.05, 0.1) is 5.69 Å². The largest absolute Gasteiger partial charge is 0.345 e. The third-order valence-corrected chi connectivity index (χ3v) is 4.52. The van der Waals surface area contributed by atoms with Gasteiger partial charge in [0.2, 0.25) is 0 Å². The fraction of sp³-hybridized carbons (Fsp3) is 0.769. The highest BCUT2D eigenvalue weighted by Crippen LogP contribution is 2.32. The summed E-state index contributed by atoms with van der Waals surface area (Å²) in [5.41, 5.74) is 1.31. The van der Waals surface area contributed by atoms with Crippen molar-refractivity contribution in [2.45, 2.75) is 52.1 Å². The summed E-state index contributed by atoms with van der Waals surface area (Å²) in [6.07, 6.45) is 4.90. The van der Waals surface area contributed by atoms with Crippen molar-refractivity contribution < 1.29 is 0 Å². The Morgan fingerprint density at radius 3 is 2.94 bits per heavy atom. The minimum absolute atomic E-state index is 0.665. The van der Waals surface area contributed by atoms with Crippen LogP contribution in [0.1, 0.15) is 43.7 Å². The van der Waals surface area contributed by atoms with E-state index < -0.39 is 0 Å². The van der Waals surface area contributed by atoms with Crippen molar-refractivity contribution >= 4 is 16.5 Å². The minimum Gasteiger partial charge on any atom is -0.345 e. The van der Waals surface area contributed by atoms with Gasteiger partial charge < -0.3 is 10.2 Å². The van der Waals surface area contributed by atoms with Gasteiger partial charge in [-0.2, -0.15) is 0 Å². The lowest BCUT2D eigenvalue weighted by molar-refractivity contribution is 0.730. The first-order valence-corrected chi connectivity index (χ1v) is 7.47. The van der Waals surface area contributed by atoms with E-state index in [1.807, 2.05) is 18.4 Å². The molecule has 1 unspecified atom stereocenters. The Balaban J connectivity index is 2.19. The highest BCUT2D eigenvalue weighted by Gasteiger charge is 2.24. The van der Waals surface area contributed by atoms with Gasteiger partial charge in [-0.3, -0.25) is 0 Å². The molecule has 1 aromatic heterocycles. The molecule has 1 saturated heterocycles. The summed E-state index contributed by atoms with van der Waals surface area (Å²) >= 11 is 1.88. The molecule has 1 atom stereocenters. The Bertz CT molecular complexity index is 338. The molecule has 0 saturated carbocycles. The summed E-state index contributed by atoms with van der Waals surface area (Å²) in [6.45, 7) is 6.67. The van der Waals surface area contributed by atoms with E-state index in [2.05, 4.69) is 24.1 Å². The van der Waals surface area contributed by atoms with Crippen LogP contribution in [0.2, 0.25) is 0 Å². The second kappa shape index (κ2) is 5.83. The first-order valence-electron chi connectivity index (χ1n) is 6.66. The molecule has 3 nitrogen and oxygen atoms in total. The number of aryl methyl sites for hydroxylation is 1. The summed E-state index contributed by atoms with van der Waals surface area (Å²) in [5, 5.41) is 4.49. The van der Waals surface area contributed by atoms with Crippen molar-refractivity contribution in [1.82, 2.24) is 10.3 Å². The lowest BCUT2D eigenvalue weighted by Gasteiger charge is -2.19. The molecular formula is C13H23N3S.